The van der Waals surface area contributed by atoms with Gasteiger partial charge in [0, 0.05) is 41.7 Å². The van der Waals surface area contributed by atoms with Gasteiger partial charge >= 0.3 is 0 Å². The molecule has 2 aromatic rings. The van der Waals surface area contributed by atoms with Crippen LogP contribution in [0, 0.1) is 0 Å². The third-order valence-corrected chi connectivity index (χ3v) is 5.98. The van der Waals surface area contributed by atoms with E-state index in [1.54, 1.807) is 18.3 Å². The second kappa shape index (κ2) is 11.6. The number of hydrogen-bond donors (Lipinski definition) is 2. The van der Waals surface area contributed by atoms with E-state index in [0.717, 1.165) is 25.1 Å². The van der Waals surface area contributed by atoms with E-state index in [-0.39, 0.29) is 23.8 Å². The summed E-state index contributed by atoms with van der Waals surface area (Å²) in [6.07, 6.45) is 10.4. The van der Waals surface area contributed by atoms with Crippen LogP contribution in [0.5, 0.6) is 0 Å². The van der Waals surface area contributed by atoms with Crippen molar-refractivity contribution in [1.82, 2.24) is 15.6 Å². The highest BCUT2D eigenvalue weighted by Gasteiger charge is 2.13. The predicted octanol–water partition coefficient (Wildman–Crippen LogP) is 1.70. The second-order valence-corrected chi connectivity index (χ2v) is 8.75. The Morgan fingerprint density at radius 3 is 2.97 bits per heavy atom. The van der Waals surface area contributed by atoms with Crippen LogP contribution in [0.1, 0.15) is 29.9 Å². The Labute approximate surface area is 178 Å². The zero-order valence-electron chi connectivity index (χ0n) is 16.8. The molecule has 0 bridgehead atoms. The smallest absolute Gasteiger partial charge is 0.232 e. The Morgan fingerprint density at radius 1 is 1.30 bits per heavy atom. The van der Waals surface area contributed by atoms with Crippen molar-refractivity contribution in [1.29, 1.82) is 0 Å². The van der Waals surface area contributed by atoms with E-state index >= 15 is 0 Å². The molecule has 1 aliphatic rings. The number of aryl methyl sites for hydroxylation is 1. The quantitative estimate of drug-likeness (QED) is 0.527. The fraction of sp³-hybridized carbons (Fsp3) is 0.409. The van der Waals surface area contributed by atoms with Gasteiger partial charge in [0.2, 0.25) is 5.91 Å². The van der Waals surface area contributed by atoms with Gasteiger partial charge in [0.25, 0.3) is 0 Å². The molecule has 1 amide bonds. The van der Waals surface area contributed by atoms with Crippen molar-refractivity contribution in [3.8, 4) is 0 Å². The molecule has 2 aromatic heterocycles. The number of nitrogens with zero attached hydrogens (tertiary/aromatic N) is 1. The van der Waals surface area contributed by atoms with Gasteiger partial charge in [-0.25, -0.2) is 0 Å². The fourth-order valence-electron chi connectivity index (χ4n) is 3.25. The standard InChI is InChI=1S/C22H27N3O4S/c26-20(14-25-22(27)16-30(28)15-21-5-3-11-29-21)7-6-19-13-17(8-10-24-19)12-18-4-1-2-9-23-18/h1-3,5,8,10-11,13,18,23H,4,6-7,9,12,14-16H2,(H,25,27). The topological polar surface area (TPSA) is 101 Å². The van der Waals surface area contributed by atoms with E-state index < -0.39 is 16.7 Å². The summed E-state index contributed by atoms with van der Waals surface area (Å²) in [6, 6.07) is 7.91. The number of carbonyl (C=O) groups is 2. The van der Waals surface area contributed by atoms with Crippen molar-refractivity contribution in [2.45, 2.75) is 37.5 Å². The number of furan rings is 1. The third-order valence-electron chi connectivity index (χ3n) is 4.79. The highest BCUT2D eigenvalue weighted by Crippen LogP contribution is 2.11. The highest BCUT2D eigenvalue weighted by molar-refractivity contribution is 7.84. The van der Waals surface area contributed by atoms with Gasteiger partial charge in [-0.2, -0.15) is 0 Å². The maximum Gasteiger partial charge on any atom is 0.232 e. The number of pyridine rings is 1. The molecular weight excluding hydrogens is 402 g/mol. The molecule has 160 valence electrons. The lowest BCUT2D eigenvalue weighted by atomic mass is 10.0. The molecule has 30 heavy (non-hydrogen) atoms. The molecule has 2 N–H and O–H groups in total. The lowest BCUT2D eigenvalue weighted by molar-refractivity contribution is -0.123. The molecule has 7 nitrogen and oxygen atoms in total. The first-order valence-electron chi connectivity index (χ1n) is 10.1. The summed E-state index contributed by atoms with van der Waals surface area (Å²) in [5, 5.41) is 6.01. The van der Waals surface area contributed by atoms with Crippen molar-refractivity contribution >= 4 is 22.5 Å². The van der Waals surface area contributed by atoms with Crippen LogP contribution in [-0.4, -0.2) is 45.8 Å². The first-order chi connectivity index (χ1) is 14.6. The Hall–Kier alpha value is -2.58. The Kier molecular flexibility index (Phi) is 8.53. The van der Waals surface area contributed by atoms with Crippen molar-refractivity contribution in [3.05, 3.63) is 65.9 Å². The lowest BCUT2D eigenvalue weighted by Crippen LogP contribution is -2.33. The molecular formula is C22H27N3O4S. The number of carbonyl (C=O) groups excluding carboxylic acids is 2. The second-order valence-electron chi connectivity index (χ2n) is 7.30. The lowest BCUT2D eigenvalue weighted by Gasteiger charge is -2.19. The molecule has 2 atom stereocenters. The summed E-state index contributed by atoms with van der Waals surface area (Å²) in [5.74, 6) is 0.127. The normalized spacial score (nSPS) is 16.9. The van der Waals surface area contributed by atoms with E-state index in [4.69, 9.17) is 4.42 Å². The van der Waals surface area contributed by atoms with E-state index in [2.05, 4.69) is 27.8 Å². The van der Waals surface area contributed by atoms with Gasteiger partial charge in [-0.3, -0.25) is 18.8 Å². The average Bonchev–Trinajstić information content (AvgIpc) is 3.24. The highest BCUT2D eigenvalue weighted by atomic mass is 32.2. The molecule has 2 unspecified atom stereocenters. The van der Waals surface area contributed by atoms with Crippen LogP contribution in [0.15, 0.2) is 53.3 Å². The minimum atomic E-state index is -1.37. The summed E-state index contributed by atoms with van der Waals surface area (Å²) in [6.45, 7) is 0.841. The van der Waals surface area contributed by atoms with Gasteiger partial charge in [0.15, 0.2) is 5.78 Å². The molecule has 0 saturated carbocycles. The molecule has 3 heterocycles. The Morgan fingerprint density at radius 2 is 2.20 bits per heavy atom. The van der Waals surface area contributed by atoms with E-state index in [1.165, 1.54) is 11.8 Å². The van der Waals surface area contributed by atoms with Crippen molar-refractivity contribution in [3.63, 3.8) is 0 Å². The molecule has 3 rings (SSSR count). The molecule has 0 aromatic carbocycles. The number of aromatic nitrogens is 1. The van der Waals surface area contributed by atoms with Gasteiger partial charge in [-0.1, -0.05) is 12.2 Å². The van der Waals surface area contributed by atoms with Crippen LogP contribution >= 0.6 is 0 Å². The third kappa shape index (κ3) is 7.68. The van der Waals surface area contributed by atoms with Crippen molar-refractivity contribution < 1.29 is 18.2 Å². The van der Waals surface area contributed by atoms with E-state index in [0.29, 0.717) is 24.6 Å². The van der Waals surface area contributed by atoms with Crippen LogP contribution in [0.4, 0.5) is 0 Å². The Bertz CT molecular complexity index is 896. The average molecular weight is 430 g/mol. The monoisotopic (exact) mass is 429 g/mol. The van der Waals surface area contributed by atoms with Gasteiger partial charge in [-0.05, 0) is 49.1 Å². The zero-order valence-corrected chi connectivity index (χ0v) is 17.7. The summed E-state index contributed by atoms with van der Waals surface area (Å²) < 4.78 is 17.1. The number of ketones is 1. The minimum absolute atomic E-state index is 0.0607. The molecule has 1 aliphatic heterocycles. The number of amides is 1. The molecule has 0 fully saturated rings. The van der Waals surface area contributed by atoms with Crippen molar-refractivity contribution in [2.75, 3.05) is 18.8 Å². The Balaban J connectivity index is 1.36. The predicted molar refractivity (Wildman–Crippen MR) is 115 cm³/mol. The number of hydrogen-bond acceptors (Lipinski definition) is 6. The van der Waals surface area contributed by atoms with Crippen LogP contribution in [-0.2, 0) is 39.0 Å². The summed E-state index contributed by atoms with van der Waals surface area (Å²) in [5.41, 5.74) is 2.07. The summed E-state index contributed by atoms with van der Waals surface area (Å²) in [4.78, 5) is 28.3. The molecule has 0 spiro atoms. The SMILES string of the molecule is O=C(CCc1cc(CC2CC=CCN2)ccn1)CNC(=O)CS(=O)Cc1ccco1. The zero-order chi connectivity index (χ0) is 21.2. The van der Waals surface area contributed by atoms with Crippen LogP contribution in [0.2, 0.25) is 0 Å². The fourth-order valence-corrected chi connectivity index (χ4v) is 4.23. The number of rotatable bonds is 11. The van der Waals surface area contributed by atoms with E-state index in [1.807, 2.05) is 12.1 Å². The summed E-state index contributed by atoms with van der Waals surface area (Å²) in [7, 11) is -1.37. The first-order valence-corrected chi connectivity index (χ1v) is 11.6. The largest absolute Gasteiger partial charge is 0.468 e. The number of nitrogens with one attached hydrogen (secondary N) is 2. The van der Waals surface area contributed by atoms with Crippen LogP contribution in [0.3, 0.4) is 0 Å². The van der Waals surface area contributed by atoms with Gasteiger partial charge < -0.3 is 15.1 Å². The minimum Gasteiger partial charge on any atom is -0.468 e. The van der Waals surface area contributed by atoms with E-state index in [9.17, 15) is 13.8 Å². The van der Waals surface area contributed by atoms with Crippen molar-refractivity contribution in [2.24, 2.45) is 0 Å². The molecule has 0 saturated heterocycles. The maximum absolute atomic E-state index is 12.1. The van der Waals surface area contributed by atoms with Crippen LogP contribution in [0.25, 0.3) is 0 Å². The van der Waals surface area contributed by atoms with Gasteiger partial charge in [0.05, 0.1) is 18.6 Å². The maximum atomic E-state index is 12.1. The van der Waals surface area contributed by atoms with Gasteiger partial charge in [0.1, 0.15) is 11.5 Å². The first kappa shape index (κ1) is 22.1. The van der Waals surface area contributed by atoms with Crippen LogP contribution < -0.4 is 10.6 Å². The molecule has 0 aliphatic carbocycles. The molecule has 8 heteroatoms. The van der Waals surface area contributed by atoms with Gasteiger partial charge in [-0.15, -0.1) is 0 Å². The summed E-state index contributed by atoms with van der Waals surface area (Å²) >= 11 is 0. The number of Topliss-reactive ketones (excluding diaryl/α,β-unsaturated/α-hetero) is 1. The molecule has 0 radical (unpaired) electrons.